The number of carbonyl (C=O) groups excluding carboxylic acids is 3. The fraction of sp³-hybridized carbons (Fsp3) is 0.611. The van der Waals surface area contributed by atoms with Crippen LogP contribution in [0.15, 0.2) is 24.3 Å². The Hall–Kier alpha value is -1.60. The number of ether oxygens (including phenoxy) is 3. The van der Waals surface area contributed by atoms with Crippen LogP contribution in [0.4, 0.5) is 0 Å². The second-order valence-corrected chi connectivity index (χ2v) is 8.09. The summed E-state index contributed by atoms with van der Waals surface area (Å²) in [4.78, 5) is 36.2. The molecule has 0 aliphatic heterocycles. The van der Waals surface area contributed by atoms with Gasteiger partial charge >= 0.3 is 36.8 Å². The van der Waals surface area contributed by atoms with E-state index in [-0.39, 0.29) is 36.4 Å². The summed E-state index contributed by atoms with van der Waals surface area (Å²) in [5, 5.41) is 0. The van der Waals surface area contributed by atoms with E-state index in [2.05, 4.69) is 13.2 Å². The molecular formula is C18H29LiO9S. The Balaban J connectivity index is 0. The van der Waals surface area contributed by atoms with E-state index < -0.39 is 59.0 Å². The summed E-state index contributed by atoms with van der Waals surface area (Å²) in [6, 6.07) is 0. The van der Waals surface area contributed by atoms with Gasteiger partial charge in [-0.3, -0.25) is 9.35 Å². The van der Waals surface area contributed by atoms with Gasteiger partial charge in [0.15, 0.2) is 0 Å². The normalized spacial score (nSPS) is 11.0. The minimum absolute atomic E-state index is 0. The number of hydrogen-bond acceptors (Lipinski definition) is 8. The molecule has 9 nitrogen and oxygen atoms in total. The first kappa shape index (κ1) is 29.6. The molecule has 0 saturated carbocycles. The Morgan fingerprint density at radius 3 is 1.76 bits per heavy atom. The summed E-state index contributed by atoms with van der Waals surface area (Å²) < 4.78 is 45.6. The van der Waals surface area contributed by atoms with Crippen molar-refractivity contribution in [2.24, 2.45) is 5.41 Å². The molecule has 0 aromatic carbocycles. The third kappa shape index (κ3) is 11.9. The van der Waals surface area contributed by atoms with Crippen molar-refractivity contribution < 1.29 is 41.6 Å². The summed E-state index contributed by atoms with van der Waals surface area (Å²) in [5.41, 5.74) is -1.31. The SMILES string of the molecule is C=C(C)C(=O)OCC(CCCC)(COC(=O)C(=C)C)C(=O)OCCS(=O)(=O)O.[LiH]. The predicted octanol–water partition coefficient (Wildman–Crippen LogP) is 1.18. The first-order valence-electron chi connectivity index (χ1n) is 8.62. The monoisotopic (exact) mass is 428 g/mol. The van der Waals surface area contributed by atoms with E-state index in [1.165, 1.54) is 13.8 Å². The Kier molecular flexibility index (Phi) is 13.9. The van der Waals surface area contributed by atoms with Gasteiger partial charge in [-0.05, 0) is 20.3 Å². The third-order valence-corrected chi connectivity index (χ3v) is 4.35. The second kappa shape index (κ2) is 13.6. The molecule has 0 aromatic heterocycles. The molecule has 0 atom stereocenters. The van der Waals surface area contributed by atoms with Crippen molar-refractivity contribution in [1.82, 2.24) is 0 Å². The summed E-state index contributed by atoms with van der Waals surface area (Å²) >= 11 is 0. The van der Waals surface area contributed by atoms with Gasteiger partial charge in [-0.2, -0.15) is 8.42 Å². The van der Waals surface area contributed by atoms with Crippen LogP contribution in [0.25, 0.3) is 0 Å². The van der Waals surface area contributed by atoms with Gasteiger partial charge in [0.1, 0.15) is 31.0 Å². The number of rotatable bonds is 13. The topological polar surface area (TPSA) is 133 Å². The Morgan fingerprint density at radius 1 is 0.966 bits per heavy atom. The van der Waals surface area contributed by atoms with Crippen LogP contribution >= 0.6 is 0 Å². The molecule has 0 bridgehead atoms. The Labute approximate surface area is 183 Å². The predicted molar refractivity (Wildman–Crippen MR) is 108 cm³/mol. The Bertz CT molecular complexity index is 683. The van der Waals surface area contributed by atoms with Crippen LogP contribution in [0, 0.1) is 5.41 Å². The third-order valence-electron chi connectivity index (χ3n) is 3.67. The molecule has 29 heavy (non-hydrogen) atoms. The molecule has 0 fully saturated rings. The first-order chi connectivity index (χ1) is 12.8. The molecule has 0 unspecified atom stereocenters. The van der Waals surface area contributed by atoms with Crippen LogP contribution in [0.2, 0.25) is 0 Å². The second-order valence-electron chi connectivity index (χ2n) is 6.52. The summed E-state index contributed by atoms with van der Waals surface area (Å²) in [6.45, 7) is 10.1. The van der Waals surface area contributed by atoms with Gasteiger partial charge in [-0.15, -0.1) is 0 Å². The molecule has 0 heterocycles. The zero-order valence-corrected chi connectivity index (χ0v) is 17.3. The standard InChI is InChI=1S/C18H28O9S.Li.H/c1-6-7-8-18(11-26-15(19)13(2)3,12-27-16(20)14(4)5)17(21)25-9-10-28(22,23)24;;/h2,4,6-12H2,1,3,5H3,(H,22,23,24);;. The van der Waals surface area contributed by atoms with Crippen molar-refractivity contribution >= 4 is 46.9 Å². The van der Waals surface area contributed by atoms with Crippen molar-refractivity contribution in [3.63, 3.8) is 0 Å². The quantitative estimate of drug-likeness (QED) is 0.151. The molecule has 0 aliphatic carbocycles. The van der Waals surface area contributed by atoms with Crippen LogP contribution in [0.3, 0.4) is 0 Å². The molecule has 0 rings (SSSR count). The van der Waals surface area contributed by atoms with Crippen molar-refractivity contribution in [3.05, 3.63) is 24.3 Å². The van der Waals surface area contributed by atoms with Gasteiger partial charge in [0.2, 0.25) is 0 Å². The van der Waals surface area contributed by atoms with E-state index in [0.717, 1.165) is 0 Å². The molecule has 11 heteroatoms. The summed E-state index contributed by atoms with van der Waals surface area (Å²) in [6.07, 6.45) is 1.35. The molecule has 0 saturated heterocycles. The molecule has 0 amide bonds. The molecule has 0 radical (unpaired) electrons. The van der Waals surface area contributed by atoms with E-state index in [4.69, 9.17) is 18.8 Å². The number of carbonyl (C=O) groups is 3. The summed E-state index contributed by atoms with van der Waals surface area (Å²) in [7, 11) is -4.33. The zero-order valence-electron chi connectivity index (χ0n) is 16.5. The van der Waals surface area contributed by atoms with E-state index in [9.17, 15) is 22.8 Å². The number of unbranched alkanes of at least 4 members (excludes halogenated alkanes) is 1. The van der Waals surface area contributed by atoms with Crippen LogP contribution < -0.4 is 0 Å². The zero-order chi connectivity index (χ0) is 22.0. The van der Waals surface area contributed by atoms with Crippen molar-refractivity contribution in [2.75, 3.05) is 25.6 Å². The van der Waals surface area contributed by atoms with Gasteiger partial charge in [0.05, 0.1) is 0 Å². The van der Waals surface area contributed by atoms with Crippen LogP contribution in [-0.2, 0) is 38.7 Å². The van der Waals surface area contributed by atoms with Crippen molar-refractivity contribution in [2.45, 2.75) is 40.0 Å². The Morgan fingerprint density at radius 2 is 1.41 bits per heavy atom. The molecule has 0 spiro atoms. The molecule has 0 aliphatic rings. The minimum atomic E-state index is -4.33. The number of esters is 3. The maximum atomic E-state index is 12.7. The first-order valence-corrected chi connectivity index (χ1v) is 10.2. The van der Waals surface area contributed by atoms with Gasteiger partial charge in [0.25, 0.3) is 10.1 Å². The van der Waals surface area contributed by atoms with E-state index >= 15 is 0 Å². The fourth-order valence-electron chi connectivity index (χ4n) is 1.97. The van der Waals surface area contributed by atoms with E-state index in [0.29, 0.717) is 12.8 Å². The average Bonchev–Trinajstić information content (AvgIpc) is 2.59. The van der Waals surface area contributed by atoms with Crippen molar-refractivity contribution in [1.29, 1.82) is 0 Å². The maximum absolute atomic E-state index is 12.7. The van der Waals surface area contributed by atoms with E-state index in [1.54, 1.807) is 0 Å². The van der Waals surface area contributed by atoms with Crippen LogP contribution in [0.5, 0.6) is 0 Å². The average molecular weight is 428 g/mol. The van der Waals surface area contributed by atoms with Gasteiger partial charge in [-0.25, -0.2) is 9.59 Å². The van der Waals surface area contributed by atoms with Gasteiger partial charge < -0.3 is 14.2 Å². The van der Waals surface area contributed by atoms with Gasteiger partial charge in [0, 0.05) is 11.1 Å². The molecular weight excluding hydrogens is 399 g/mol. The number of hydrogen-bond donors (Lipinski definition) is 1. The summed E-state index contributed by atoms with van der Waals surface area (Å²) in [5.74, 6) is -3.18. The van der Waals surface area contributed by atoms with Crippen LogP contribution in [0.1, 0.15) is 40.0 Å². The molecule has 162 valence electrons. The van der Waals surface area contributed by atoms with Gasteiger partial charge in [-0.1, -0.05) is 32.9 Å². The van der Waals surface area contributed by atoms with Crippen LogP contribution in [-0.4, -0.2) is 75.3 Å². The molecule has 1 N–H and O–H groups in total. The molecule has 0 aromatic rings. The van der Waals surface area contributed by atoms with Crippen molar-refractivity contribution in [3.8, 4) is 0 Å². The van der Waals surface area contributed by atoms with E-state index in [1.807, 2.05) is 6.92 Å². The fourth-order valence-corrected chi connectivity index (χ4v) is 2.26.